The lowest BCUT2D eigenvalue weighted by molar-refractivity contribution is -0.0867. The van der Waals surface area contributed by atoms with Crippen LogP contribution >= 0.6 is 10.5 Å². The normalized spacial score (nSPS) is 13.2. The molecule has 0 spiro atoms. The van der Waals surface area contributed by atoms with Gasteiger partial charge in [-0.15, -0.1) is 13.2 Å². The average molecular weight is 322 g/mol. The fourth-order valence-corrected chi connectivity index (χ4v) is 3.36. The minimum Gasteiger partial charge on any atom is -0.418 e. The van der Waals surface area contributed by atoms with Crippen molar-refractivity contribution in [3.05, 3.63) is 35.0 Å². The molecular formula is C10H7BF8S. The molecular weight excluding hydrogens is 315 g/mol. The van der Waals surface area contributed by atoms with Gasteiger partial charge in [0.15, 0.2) is 9.58 Å². The minimum atomic E-state index is -6.00. The Hall–Kier alpha value is -1.32. The first-order valence-electron chi connectivity index (χ1n) is 5.06. The maximum atomic E-state index is 12.9. The SMILES string of the molecule is Cc1cc2ccc(F)cc2[s+]1C(F)(F)F.F[B-](F)(F)F. The highest BCUT2D eigenvalue weighted by Crippen LogP contribution is 2.50. The molecule has 10 heteroatoms. The van der Waals surface area contributed by atoms with Crippen LogP contribution in [0.1, 0.15) is 4.88 Å². The van der Waals surface area contributed by atoms with Crippen molar-refractivity contribution in [2.45, 2.75) is 12.4 Å². The number of halogens is 8. The van der Waals surface area contributed by atoms with Crippen LogP contribution in [0.2, 0.25) is 0 Å². The summed E-state index contributed by atoms with van der Waals surface area (Å²) in [7, 11) is -7.95. The van der Waals surface area contributed by atoms with Crippen LogP contribution in [-0.4, -0.2) is 7.25 Å². The van der Waals surface area contributed by atoms with Crippen LogP contribution in [-0.2, 0) is 5.51 Å². The number of aryl methyl sites for hydroxylation is 1. The summed E-state index contributed by atoms with van der Waals surface area (Å²) in [6.07, 6.45) is 0. The van der Waals surface area contributed by atoms with Crippen LogP contribution in [0.3, 0.4) is 0 Å². The highest BCUT2D eigenvalue weighted by Gasteiger charge is 2.46. The summed E-state index contributed by atoms with van der Waals surface area (Å²) < 4.78 is 89.9. The van der Waals surface area contributed by atoms with Crippen molar-refractivity contribution in [1.29, 1.82) is 0 Å². The van der Waals surface area contributed by atoms with Crippen LogP contribution < -0.4 is 0 Å². The zero-order valence-electron chi connectivity index (χ0n) is 9.82. The summed E-state index contributed by atoms with van der Waals surface area (Å²) in [5.74, 6) is -0.626. The molecule has 1 unspecified atom stereocenters. The summed E-state index contributed by atoms with van der Waals surface area (Å²) >= 11 is 0. The molecule has 1 aromatic heterocycles. The average Bonchev–Trinajstić information content (AvgIpc) is 2.49. The van der Waals surface area contributed by atoms with Gasteiger partial charge in [-0.25, -0.2) is 4.39 Å². The van der Waals surface area contributed by atoms with E-state index in [2.05, 4.69) is 0 Å². The van der Waals surface area contributed by atoms with Gasteiger partial charge in [0.25, 0.3) is 0 Å². The van der Waals surface area contributed by atoms with Crippen LogP contribution in [0.15, 0.2) is 24.3 Å². The van der Waals surface area contributed by atoms with E-state index in [9.17, 15) is 34.8 Å². The van der Waals surface area contributed by atoms with Crippen molar-refractivity contribution in [2.75, 3.05) is 0 Å². The van der Waals surface area contributed by atoms with Gasteiger partial charge < -0.3 is 17.3 Å². The molecule has 0 N–H and O–H groups in total. The molecule has 0 aliphatic heterocycles. The Morgan fingerprint density at radius 1 is 1.00 bits per heavy atom. The standard InChI is InChI=1S/C10H7F4S.BF4/c1-6-4-7-2-3-8(11)5-9(7)15(6)10(12,13)14;2-1(3,4)5/h2-5H,1H3;/q+1;-1. The van der Waals surface area contributed by atoms with Gasteiger partial charge in [0.05, 0.1) is 10.5 Å². The van der Waals surface area contributed by atoms with E-state index in [-0.39, 0.29) is 9.58 Å². The van der Waals surface area contributed by atoms with E-state index in [1.165, 1.54) is 25.1 Å². The Balaban J connectivity index is 0.000000347. The molecule has 0 nitrogen and oxygen atoms in total. The van der Waals surface area contributed by atoms with E-state index in [4.69, 9.17) is 0 Å². The first-order valence-corrected chi connectivity index (χ1v) is 6.28. The van der Waals surface area contributed by atoms with E-state index >= 15 is 0 Å². The number of hydrogen-bond donors (Lipinski definition) is 0. The second kappa shape index (κ2) is 5.59. The number of benzene rings is 1. The molecule has 0 bridgehead atoms. The topological polar surface area (TPSA) is 0 Å². The van der Waals surface area contributed by atoms with Gasteiger partial charge in [-0.1, -0.05) is 0 Å². The maximum absolute atomic E-state index is 12.9. The van der Waals surface area contributed by atoms with Crippen molar-refractivity contribution in [3.8, 4) is 0 Å². The van der Waals surface area contributed by atoms with Crippen LogP contribution in [0.5, 0.6) is 0 Å². The quantitative estimate of drug-likeness (QED) is 0.326. The van der Waals surface area contributed by atoms with Gasteiger partial charge in [-0.05, 0) is 12.1 Å². The maximum Gasteiger partial charge on any atom is 0.673 e. The number of hydrogen-bond acceptors (Lipinski definition) is 0. The first-order chi connectivity index (χ1) is 8.89. The summed E-state index contributed by atoms with van der Waals surface area (Å²) in [6.45, 7) is 1.43. The Bertz CT molecular complexity index is 592. The number of alkyl halides is 3. The van der Waals surface area contributed by atoms with Crippen molar-refractivity contribution in [1.82, 2.24) is 0 Å². The molecule has 0 aliphatic rings. The van der Waals surface area contributed by atoms with Crippen molar-refractivity contribution in [2.24, 2.45) is 0 Å². The van der Waals surface area contributed by atoms with E-state index in [1.807, 2.05) is 0 Å². The number of rotatable bonds is 0. The molecule has 2 aromatic rings. The molecule has 112 valence electrons. The van der Waals surface area contributed by atoms with E-state index in [1.54, 1.807) is 0 Å². The fraction of sp³-hybridized carbons (Fsp3) is 0.200. The summed E-state index contributed by atoms with van der Waals surface area (Å²) in [4.78, 5) is 0.239. The van der Waals surface area contributed by atoms with Gasteiger partial charge >= 0.3 is 12.8 Å². The van der Waals surface area contributed by atoms with Crippen molar-refractivity contribution >= 4 is 27.8 Å². The second-order valence-electron chi connectivity index (χ2n) is 3.68. The monoisotopic (exact) mass is 322 g/mol. The van der Waals surface area contributed by atoms with Gasteiger partial charge in [0.2, 0.25) is 0 Å². The minimum absolute atomic E-state index is 0.0417. The lowest BCUT2D eigenvalue weighted by Crippen LogP contribution is -2.02. The third-order valence-electron chi connectivity index (χ3n) is 2.11. The molecule has 1 atom stereocenters. The lowest BCUT2D eigenvalue weighted by atomic mass is 10.2. The van der Waals surface area contributed by atoms with Crippen LogP contribution in [0.25, 0.3) is 10.1 Å². The molecule has 0 fully saturated rings. The summed E-state index contributed by atoms with van der Waals surface area (Å²) in [5.41, 5.74) is -4.32. The Morgan fingerprint density at radius 3 is 1.95 bits per heavy atom. The largest absolute Gasteiger partial charge is 0.673 e. The summed E-state index contributed by atoms with van der Waals surface area (Å²) in [6, 6.07) is 4.99. The van der Waals surface area contributed by atoms with E-state index in [0.29, 0.717) is 5.39 Å². The zero-order chi connectivity index (χ0) is 15.7. The molecule has 0 saturated heterocycles. The lowest BCUT2D eigenvalue weighted by Gasteiger charge is -1.96. The Morgan fingerprint density at radius 2 is 1.50 bits per heavy atom. The molecule has 0 radical (unpaired) electrons. The van der Waals surface area contributed by atoms with Crippen molar-refractivity contribution < 1.29 is 34.8 Å². The third kappa shape index (κ3) is 4.66. The third-order valence-corrected chi connectivity index (χ3v) is 4.13. The predicted molar refractivity (Wildman–Crippen MR) is 62.6 cm³/mol. The van der Waals surface area contributed by atoms with Gasteiger partial charge in [-0.3, -0.25) is 0 Å². The van der Waals surface area contributed by atoms with Gasteiger partial charge in [0, 0.05) is 24.4 Å². The molecule has 1 heterocycles. The van der Waals surface area contributed by atoms with E-state index < -0.39 is 29.0 Å². The smallest absolute Gasteiger partial charge is 0.418 e. The van der Waals surface area contributed by atoms with Gasteiger partial charge in [0.1, 0.15) is 5.82 Å². The molecule has 20 heavy (non-hydrogen) atoms. The van der Waals surface area contributed by atoms with Gasteiger partial charge in [-0.2, -0.15) is 0 Å². The predicted octanol–water partition coefficient (Wildman–Crippen LogP) is 5.81. The zero-order valence-corrected chi connectivity index (χ0v) is 10.6. The Kier molecular flexibility index (Phi) is 4.68. The fourth-order valence-electron chi connectivity index (χ4n) is 1.56. The number of thiophene rings is 1. The molecule has 0 aliphatic carbocycles. The molecule has 0 saturated carbocycles. The molecule has 0 amide bonds. The van der Waals surface area contributed by atoms with Crippen LogP contribution in [0, 0.1) is 12.7 Å². The second-order valence-corrected chi connectivity index (χ2v) is 5.84. The molecule has 1 aromatic carbocycles. The van der Waals surface area contributed by atoms with E-state index in [0.717, 1.165) is 6.07 Å². The highest BCUT2D eigenvalue weighted by molar-refractivity contribution is 7.38. The van der Waals surface area contributed by atoms with Crippen molar-refractivity contribution in [3.63, 3.8) is 0 Å². The number of fused-ring (bicyclic) bond motifs is 1. The Labute approximate surface area is 111 Å². The first kappa shape index (κ1) is 16.7. The molecule has 2 rings (SSSR count). The van der Waals surface area contributed by atoms with Crippen LogP contribution in [0.4, 0.5) is 34.8 Å². The summed E-state index contributed by atoms with van der Waals surface area (Å²) in [5, 5.41) is 0.467. The highest BCUT2D eigenvalue weighted by atomic mass is 32.2.